The molecule has 0 fully saturated rings. The summed E-state index contributed by atoms with van der Waals surface area (Å²) in [5.41, 5.74) is 5.89. The van der Waals surface area contributed by atoms with Crippen molar-refractivity contribution in [2.75, 3.05) is 5.32 Å². The number of hydrogen-bond donors (Lipinski definition) is 2. The predicted octanol–water partition coefficient (Wildman–Crippen LogP) is 2.53. The van der Waals surface area contributed by atoms with E-state index in [1.54, 1.807) is 51.1 Å². The number of ether oxygens (including phenoxy) is 1. The summed E-state index contributed by atoms with van der Waals surface area (Å²) in [6.07, 6.45) is 2.36. The van der Waals surface area contributed by atoms with Gasteiger partial charge in [0.1, 0.15) is 5.60 Å². The number of rotatable bonds is 3. The SMILES string of the molecule is CC(C)(C)OC(=O)Nc1ccc(/C=C/C(N)=O)cc1. The summed E-state index contributed by atoms with van der Waals surface area (Å²) >= 11 is 0. The third-order valence-electron chi connectivity index (χ3n) is 2.00. The molecule has 102 valence electrons. The molecule has 0 atom stereocenters. The maximum Gasteiger partial charge on any atom is 0.412 e. The van der Waals surface area contributed by atoms with Crippen LogP contribution in [0.4, 0.5) is 10.5 Å². The van der Waals surface area contributed by atoms with Crippen LogP contribution in [0.3, 0.4) is 0 Å². The monoisotopic (exact) mass is 262 g/mol. The Hall–Kier alpha value is -2.30. The molecule has 2 amide bonds. The lowest BCUT2D eigenvalue weighted by Gasteiger charge is -2.19. The zero-order chi connectivity index (χ0) is 14.5. The van der Waals surface area contributed by atoms with Crippen molar-refractivity contribution >= 4 is 23.8 Å². The average Bonchev–Trinajstić information content (AvgIpc) is 2.25. The molecule has 0 spiro atoms. The van der Waals surface area contributed by atoms with Crippen LogP contribution in [0.25, 0.3) is 6.08 Å². The molecule has 5 heteroatoms. The summed E-state index contributed by atoms with van der Waals surface area (Å²) in [4.78, 5) is 22.1. The molecule has 0 unspecified atom stereocenters. The smallest absolute Gasteiger partial charge is 0.412 e. The van der Waals surface area contributed by atoms with Crippen molar-refractivity contribution in [3.8, 4) is 0 Å². The van der Waals surface area contributed by atoms with E-state index in [0.29, 0.717) is 5.69 Å². The Morgan fingerprint density at radius 2 is 1.79 bits per heavy atom. The van der Waals surface area contributed by atoms with Crippen LogP contribution in [0.2, 0.25) is 0 Å². The van der Waals surface area contributed by atoms with Crippen molar-refractivity contribution < 1.29 is 14.3 Å². The number of carbonyl (C=O) groups excluding carboxylic acids is 2. The molecule has 0 aliphatic heterocycles. The van der Waals surface area contributed by atoms with Crippen molar-refractivity contribution in [2.24, 2.45) is 5.73 Å². The van der Waals surface area contributed by atoms with Gasteiger partial charge in [-0.05, 0) is 44.5 Å². The molecule has 0 radical (unpaired) electrons. The minimum absolute atomic E-state index is 0.504. The molecule has 0 saturated heterocycles. The molecule has 0 aliphatic rings. The van der Waals surface area contributed by atoms with Crippen LogP contribution < -0.4 is 11.1 Å². The van der Waals surface area contributed by atoms with E-state index in [0.717, 1.165) is 5.56 Å². The fraction of sp³-hybridized carbons (Fsp3) is 0.286. The number of amides is 2. The summed E-state index contributed by atoms with van der Waals surface area (Å²) in [6.45, 7) is 5.39. The van der Waals surface area contributed by atoms with E-state index < -0.39 is 17.6 Å². The van der Waals surface area contributed by atoms with E-state index in [1.807, 2.05) is 0 Å². The highest BCUT2D eigenvalue weighted by atomic mass is 16.6. The highest BCUT2D eigenvalue weighted by Crippen LogP contribution is 2.13. The normalized spacial score (nSPS) is 11.3. The van der Waals surface area contributed by atoms with Gasteiger partial charge in [-0.1, -0.05) is 12.1 Å². The Labute approximate surface area is 112 Å². The first kappa shape index (κ1) is 14.8. The maximum atomic E-state index is 11.5. The van der Waals surface area contributed by atoms with Gasteiger partial charge in [0, 0.05) is 11.8 Å². The van der Waals surface area contributed by atoms with E-state index >= 15 is 0 Å². The predicted molar refractivity (Wildman–Crippen MR) is 74.5 cm³/mol. The Bertz CT molecular complexity index is 484. The molecule has 0 bridgehead atoms. The van der Waals surface area contributed by atoms with Gasteiger partial charge in [0.25, 0.3) is 0 Å². The number of nitrogens with one attached hydrogen (secondary N) is 1. The van der Waals surface area contributed by atoms with Crippen molar-refractivity contribution in [3.05, 3.63) is 35.9 Å². The second kappa shape index (κ2) is 6.04. The van der Waals surface area contributed by atoms with Crippen LogP contribution in [-0.2, 0) is 9.53 Å². The molecule has 0 saturated carbocycles. The maximum absolute atomic E-state index is 11.5. The van der Waals surface area contributed by atoms with Crippen molar-refractivity contribution in [1.82, 2.24) is 0 Å². The van der Waals surface area contributed by atoms with E-state index in [2.05, 4.69) is 5.32 Å². The number of nitrogens with two attached hydrogens (primary N) is 1. The van der Waals surface area contributed by atoms with Crippen LogP contribution in [-0.4, -0.2) is 17.6 Å². The van der Waals surface area contributed by atoms with Gasteiger partial charge in [-0.2, -0.15) is 0 Å². The minimum atomic E-state index is -0.533. The fourth-order valence-corrected chi connectivity index (χ4v) is 1.28. The summed E-state index contributed by atoms with van der Waals surface area (Å²) in [5, 5.41) is 2.61. The molecule has 1 aromatic carbocycles. The van der Waals surface area contributed by atoms with Gasteiger partial charge >= 0.3 is 6.09 Å². The summed E-state index contributed by atoms with van der Waals surface area (Å²) in [5.74, 6) is -0.504. The van der Waals surface area contributed by atoms with Gasteiger partial charge in [0.05, 0.1) is 0 Å². The van der Waals surface area contributed by atoms with Crippen molar-refractivity contribution in [3.63, 3.8) is 0 Å². The first-order valence-electron chi connectivity index (χ1n) is 5.84. The lowest BCUT2D eigenvalue weighted by Crippen LogP contribution is -2.27. The number of anilines is 1. The second-order valence-corrected chi connectivity index (χ2v) is 4.98. The first-order chi connectivity index (χ1) is 8.76. The molecule has 1 aromatic rings. The largest absolute Gasteiger partial charge is 0.444 e. The number of primary amides is 1. The van der Waals surface area contributed by atoms with E-state index in [1.165, 1.54) is 6.08 Å². The lowest BCUT2D eigenvalue weighted by molar-refractivity contribution is -0.113. The van der Waals surface area contributed by atoms with Crippen LogP contribution in [0, 0.1) is 0 Å². The molecule has 5 nitrogen and oxygen atoms in total. The van der Waals surface area contributed by atoms with Crippen LogP contribution in [0.15, 0.2) is 30.3 Å². The third kappa shape index (κ3) is 6.26. The Morgan fingerprint density at radius 3 is 2.26 bits per heavy atom. The van der Waals surface area contributed by atoms with Gasteiger partial charge in [-0.25, -0.2) is 4.79 Å². The van der Waals surface area contributed by atoms with Gasteiger partial charge in [-0.15, -0.1) is 0 Å². The van der Waals surface area contributed by atoms with E-state index in [9.17, 15) is 9.59 Å². The number of carbonyl (C=O) groups is 2. The van der Waals surface area contributed by atoms with Gasteiger partial charge in [-0.3, -0.25) is 10.1 Å². The molecule has 1 rings (SSSR count). The second-order valence-electron chi connectivity index (χ2n) is 4.98. The Balaban J connectivity index is 2.62. The number of hydrogen-bond acceptors (Lipinski definition) is 3. The molecule has 0 aromatic heterocycles. The quantitative estimate of drug-likeness (QED) is 0.821. The summed E-state index contributed by atoms with van der Waals surface area (Å²) in [6, 6.07) is 6.94. The Morgan fingerprint density at radius 1 is 1.21 bits per heavy atom. The Kier molecular flexibility index (Phi) is 4.69. The summed E-state index contributed by atoms with van der Waals surface area (Å²) in [7, 11) is 0. The zero-order valence-corrected chi connectivity index (χ0v) is 11.3. The van der Waals surface area contributed by atoms with Gasteiger partial charge in [0.15, 0.2) is 0 Å². The molecular formula is C14H18N2O3. The molecule has 0 aliphatic carbocycles. The van der Waals surface area contributed by atoms with Crippen LogP contribution in [0.1, 0.15) is 26.3 Å². The van der Waals surface area contributed by atoms with Crippen LogP contribution >= 0.6 is 0 Å². The summed E-state index contributed by atoms with van der Waals surface area (Å²) < 4.78 is 5.13. The molecular weight excluding hydrogens is 244 g/mol. The van der Waals surface area contributed by atoms with Crippen molar-refractivity contribution in [2.45, 2.75) is 26.4 Å². The fourth-order valence-electron chi connectivity index (χ4n) is 1.28. The standard InChI is InChI=1S/C14H18N2O3/c1-14(2,3)19-13(18)16-11-7-4-10(5-8-11)6-9-12(15)17/h4-9H,1-3H3,(H2,15,17)(H,16,18)/b9-6+. The topological polar surface area (TPSA) is 81.4 Å². The molecule has 19 heavy (non-hydrogen) atoms. The lowest BCUT2D eigenvalue weighted by atomic mass is 10.2. The van der Waals surface area contributed by atoms with Crippen molar-refractivity contribution in [1.29, 1.82) is 0 Å². The zero-order valence-electron chi connectivity index (χ0n) is 11.3. The number of benzene rings is 1. The third-order valence-corrected chi connectivity index (χ3v) is 2.00. The minimum Gasteiger partial charge on any atom is -0.444 e. The van der Waals surface area contributed by atoms with E-state index in [-0.39, 0.29) is 0 Å². The highest BCUT2D eigenvalue weighted by Gasteiger charge is 2.15. The van der Waals surface area contributed by atoms with Gasteiger partial charge < -0.3 is 10.5 Å². The average molecular weight is 262 g/mol. The first-order valence-corrected chi connectivity index (χ1v) is 5.84. The van der Waals surface area contributed by atoms with Crippen LogP contribution in [0.5, 0.6) is 0 Å². The highest BCUT2D eigenvalue weighted by molar-refractivity contribution is 5.90. The molecule has 3 N–H and O–H groups in total. The van der Waals surface area contributed by atoms with E-state index in [4.69, 9.17) is 10.5 Å². The molecule has 0 heterocycles. The van der Waals surface area contributed by atoms with Gasteiger partial charge in [0.2, 0.25) is 5.91 Å².